The van der Waals surface area contributed by atoms with Crippen LogP contribution in [0.3, 0.4) is 0 Å². The van der Waals surface area contributed by atoms with E-state index in [1.54, 1.807) is 12.2 Å². The maximum atomic E-state index is 18.0. The van der Waals surface area contributed by atoms with Crippen molar-refractivity contribution >= 4 is 112 Å². The molecule has 0 radical (unpaired) electrons. The van der Waals surface area contributed by atoms with Crippen LogP contribution in [0.1, 0.15) is 77.9 Å². The Bertz CT molecular complexity index is 8970. The predicted molar refractivity (Wildman–Crippen MR) is 580 cm³/mol. The number of anilines is 6. The molecule has 4 aliphatic rings. The van der Waals surface area contributed by atoms with E-state index < -0.39 is 39.5 Å². The van der Waals surface area contributed by atoms with E-state index in [1.165, 1.54) is 36.4 Å². The molecule has 2 aromatic heterocycles. The average Bonchev–Trinajstić information content (AvgIpc) is 1.40. The number of halogens is 4. The Morgan fingerprint density at radius 3 is 0.814 bits per heavy atom. The summed E-state index contributed by atoms with van der Waals surface area (Å²) in [5, 5.41) is 8.52. The zero-order valence-electron chi connectivity index (χ0n) is 78.0. The van der Waals surface area contributed by atoms with E-state index >= 15 is 17.6 Å². The fraction of sp³-hybridized carbons (Fsp3) is 0.0222. The molecule has 2 unspecified atom stereocenters. The van der Waals surface area contributed by atoms with Crippen LogP contribution in [0.25, 0.3) is 144 Å². The summed E-state index contributed by atoms with van der Waals surface area (Å²) in [6.45, 7) is 7.90. The third kappa shape index (κ3) is 12.8. The van der Waals surface area contributed by atoms with E-state index in [0.717, 1.165) is 211 Å². The van der Waals surface area contributed by atoms with Gasteiger partial charge in [-0.2, -0.15) is 0 Å². The predicted octanol–water partition coefficient (Wildman–Crippen LogP) is 36.6. The zero-order valence-corrected chi connectivity index (χ0v) is 78.0. The fourth-order valence-electron chi connectivity index (χ4n) is 24.3. The summed E-state index contributed by atoms with van der Waals surface area (Å²) in [6.07, 6.45) is 3.57. The van der Waals surface area contributed by atoms with Crippen molar-refractivity contribution in [3.05, 3.63) is 575 Å². The van der Waals surface area contributed by atoms with Gasteiger partial charge in [0.05, 0.1) is 16.2 Å². The van der Waals surface area contributed by atoms with Crippen LogP contribution in [0, 0.1) is 23.3 Å². The molecular weight excluding hydrogens is 1790 g/mol. The molecule has 0 bridgehead atoms. The lowest BCUT2D eigenvalue weighted by atomic mass is 9.67. The van der Waals surface area contributed by atoms with Crippen molar-refractivity contribution in [3.8, 4) is 89.8 Å². The van der Waals surface area contributed by atoms with Crippen LogP contribution in [-0.2, 0) is 16.2 Å². The van der Waals surface area contributed by atoms with E-state index in [4.69, 9.17) is 18.3 Å². The van der Waals surface area contributed by atoms with E-state index in [9.17, 15) is 0 Å². The molecule has 6 nitrogen and oxygen atoms in total. The summed E-state index contributed by atoms with van der Waals surface area (Å²) in [4.78, 5) is 4.59. The van der Waals surface area contributed by atoms with Gasteiger partial charge in [0.2, 0.25) is 0 Å². The maximum absolute atomic E-state index is 18.0. The van der Waals surface area contributed by atoms with Gasteiger partial charge >= 0.3 is 0 Å². The lowest BCUT2D eigenvalue weighted by Gasteiger charge is -2.36. The Hall–Kier alpha value is -18.6. The van der Waals surface area contributed by atoms with Crippen molar-refractivity contribution < 1.29 is 35.9 Å². The lowest BCUT2D eigenvalue weighted by Crippen LogP contribution is -2.31. The smallest absolute Gasteiger partial charge is 0.136 e. The number of ether oxygens (including phenoxy) is 2. The van der Waals surface area contributed by atoms with Gasteiger partial charge in [-0.15, -0.1) is 0 Å². The number of nitrogens with zero attached hydrogens (tertiary/aromatic N) is 2. The minimum Gasteiger partial charge on any atom is -0.457 e. The Kier molecular flexibility index (Phi) is 19.1. The highest BCUT2D eigenvalue weighted by molar-refractivity contribution is 6.13. The second-order valence-electron chi connectivity index (χ2n) is 38.1. The van der Waals surface area contributed by atoms with Crippen LogP contribution in [0.5, 0.6) is 23.0 Å². The van der Waals surface area contributed by atoms with Crippen molar-refractivity contribution in [3.63, 3.8) is 0 Å². The number of rotatable bonds is 18. The highest BCUT2D eigenvalue weighted by Crippen LogP contribution is 2.67. The quantitative estimate of drug-likeness (QED) is 0.0798. The Balaban J connectivity index is 0.647. The normalized spacial score (nSPS) is 15.3. The van der Waals surface area contributed by atoms with Crippen LogP contribution < -0.4 is 19.3 Å². The van der Waals surface area contributed by atoms with Crippen molar-refractivity contribution in [2.24, 2.45) is 0 Å². The van der Waals surface area contributed by atoms with Crippen molar-refractivity contribution in [1.82, 2.24) is 0 Å². The van der Waals surface area contributed by atoms with Gasteiger partial charge in [0.25, 0.3) is 0 Å². The number of hydrogen-bond donors (Lipinski definition) is 0. The molecule has 0 N–H and O–H groups in total. The standard InChI is InChI=1S/C135H82F4N2O4/c1-3-81-35-57-99(58-36-81)142-101-61-45-91(46-62-101)133(131-123(136)31-17-32-124(131)137)115-27-13-9-23-103(115)107-65-53-95(77-119(107)133)140(93-49-39-83(40-50-93)89-43-69-127-111(73-89)113-71-85-19-5-7-21-87(85)75-129(113)144-127)97-55-67-109-105-25-11-15-29-117(105)135(121(109)79-97)118-30-16-12-26-106(118)110-68-56-98(80-122(110)135)141(94-51-41-84(42-52-94)90-44-70-128-112(74-90)114-72-86-20-6-8-22-88(86)76-130(114)145-128)96-54-66-108-104-24-10-14-28-116(104)134(120(108)78-96,132-125(138)33-18-34-126(132)139)92-47-63-102(64-48-92)143-100-59-37-82(4-2)38-60-100/h3-80H,1-2H2. The topological polar surface area (TPSA) is 51.2 Å². The van der Waals surface area contributed by atoms with E-state index in [1.807, 2.05) is 146 Å². The molecule has 0 saturated heterocycles. The molecule has 28 rings (SSSR count). The molecule has 24 aromatic rings. The molecule has 0 saturated carbocycles. The van der Waals surface area contributed by atoms with Crippen LogP contribution in [0.15, 0.2) is 483 Å². The fourth-order valence-corrected chi connectivity index (χ4v) is 24.3. The van der Waals surface area contributed by atoms with Gasteiger partial charge in [-0.1, -0.05) is 292 Å². The van der Waals surface area contributed by atoms with E-state index in [2.05, 4.69) is 302 Å². The molecule has 22 aromatic carbocycles. The molecule has 0 fully saturated rings. The van der Waals surface area contributed by atoms with E-state index in [0.29, 0.717) is 45.3 Å². The lowest BCUT2D eigenvalue weighted by molar-refractivity contribution is 0.481. The maximum Gasteiger partial charge on any atom is 0.136 e. The van der Waals surface area contributed by atoms with Gasteiger partial charge in [0.1, 0.15) is 68.6 Å². The molecule has 0 aliphatic heterocycles. The third-order valence-corrected chi connectivity index (χ3v) is 30.7. The minimum atomic E-state index is -1.58. The molecule has 2 atom stereocenters. The average molecular weight is 1870 g/mol. The van der Waals surface area contributed by atoms with Gasteiger partial charge in [-0.05, 0) is 349 Å². The number of benzene rings is 22. The largest absolute Gasteiger partial charge is 0.457 e. The number of furan rings is 2. The Morgan fingerprint density at radius 1 is 0.214 bits per heavy atom. The first-order valence-corrected chi connectivity index (χ1v) is 48.7. The minimum absolute atomic E-state index is 0.108. The summed E-state index contributed by atoms with van der Waals surface area (Å²) in [6, 6.07) is 155. The molecule has 145 heavy (non-hydrogen) atoms. The highest BCUT2D eigenvalue weighted by Gasteiger charge is 2.55. The summed E-state index contributed by atoms with van der Waals surface area (Å²) >= 11 is 0. The Labute approximate surface area is 833 Å². The second kappa shape index (κ2) is 32.7. The van der Waals surface area contributed by atoms with Crippen LogP contribution in [0.4, 0.5) is 51.7 Å². The molecule has 684 valence electrons. The van der Waals surface area contributed by atoms with Gasteiger partial charge < -0.3 is 28.1 Å². The first-order chi connectivity index (χ1) is 71.3. The Morgan fingerprint density at radius 2 is 0.483 bits per heavy atom. The summed E-state index contributed by atoms with van der Waals surface area (Å²) in [5.74, 6) is -0.462. The monoisotopic (exact) mass is 1870 g/mol. The molecule has 4 aliphatic carbocycles. The zero-order chi connectivity index (χ0) is 96.7. The first kappa shape index (κ1) is 84.4. The SMILES string of the molecule is C=Cc1ccc(Oc2ccc(C3(c4c(F)cccc4F)c4ccccc4-c4ccc(N(c5ccc(-c6ccc7oc8cc9ccccc9cc8c7c6)cc5)c5ccc6c(c5)C5(c7ccccc7-6)c6ccccc6-c6ccc(N(c7ccc(-c8ccc9oc%10cc%11ccccc%11cc%10c9c8)cc7)c7ccc8c(c7)C(c7ccc(Oc9ccc(C=C)cc9)cc7)(c7c(F)cccc7F)c7ccccc7-8)cc65)cc43)cc2)cc1. The number of fused-ring (bicyclic) bond motifs is 24. The van der Waals surface area contributed by atoms with Crippen molar-refractivity contribution in [1.29, 1.82) is 0 Å². The van der Waals surface area contributed by atoms with Gasteiger partial charge in [-0.3, -0.25) is 0 Å². The summed E-state index contributed by atoms with van der Waals surface area (Å²) < 4.78 is 98.4. The summed E-state index contributed by atoms with van der Waals surface area (Å²) in [7, 11) is 0. The third-order valence-electron chi connectivity index (χ3n) is 30.7. The van der Waals surface area contributed by atoms with Gasteiger partial charge in [0, 0.05) is 66.8 Å². The van der Waals surface area contributed by atoms with Crippen LogP contribution >= 0.6 is 0 Å². The highest BCUT2D eigenvalue weighted by atomic mass is 19.1. The molecular formula is C135H82F4N2O4. The molecule has 2 heterocycles. The molecule has 1 spiro atoms. The van der Waals surface area contributed by atoms with Gasteiger partial charge in [0.15, 0.2) is 0 Å². The van der Waals surface area contributed by atoms with Crippen molar-refractivity contribution in [2.45, 2.75) is 16.2 Å². The van der Waals surface area contributed by atoms with Crippen LogP contribution in [0.2, 0.25) is 0 Å². The summed E-state index contributed by atoms with van der Waals surface area (Å²) in [5.41, 5.74) is 25.2. The molecule has 10 heteroatoms. The van der Waals surface area contributed by atoms with Crippen LogP contribution in [-0.4, -0.2) is 0 Å². The first-order valence-electron chi connectivity index (χ1n) is 48.7. The molecule has 0 amide bonds. The van der Waals surface area contributed by atoms with Crippen molar-refractivity contribution in [2.75, 3.05) is 9.80 Å². The van der Waals surface area contributed by atoms with Gasteiger partial charge in [-0.25, -0.2) is 17.6 Å². The number of hydrogen-bond acceptors (Lipinski definition) is 6. The second-order valence-corrected chi connectivity index (χ2v) is 38.1. The van der Waals surface area contributed by atoms with E-state index in [-0.39, 0.29) is 11.1 Å².